The topological polar surface area (TPSA) is 310 Å². The number of ether oxygens (including phenoxy) is 3. The highest BCUT2D eigenvalue weighted by Gasteiger charge is 2.52. The number of carbonyl (C=O) groups excluding carboxylic acids is 8. The Morgan fingerprint density at radius 2 is 1.02 bits per heavy atom. The summed E-state index contributed by atoms with van der Waals surface area (Å²) in [5, 5.41) is 37.0. The zero-order valence-corrected chi connectivity index (χ0v) is 61.8. The Labute approximate surface area is 622 Å². The van der Waals surface area contributed by atoms with Crippen LogP contribution in [-0.4, -0.2) is 194 Å². The van der Waals surface area contributed by atoms with Crippen molar-refractivity contribution in [1.29, 1.82) is 0 Å². The fraction of sp³-hybridized carbons (Fsp3) is 0.506. The molecule has 8 amide bonds. The zero-order chi connectivity index (χ0) is 74.6. The predicted molar refractivity (Wildman–Crippen MR) is 402 cm³/mol. The molecule has 0 bridgehead atoms. The predicted octanol–water partition coefficient (Wildman–Crippen LogP) is 5.53. The van der Waals surface area contributed by atoms with Crippen molar-refractivity contribution in [2.24, 2.45) is 11.8 Å². The van der Waals surface area contributed by atoms with Crippen LogP contribution in [0.25, 0.3) is 0 Å². The van der Waals surface area contributed by atoms with Gasteiger partial charge in [-0.1, -0.05) is 171 Å². The molecule has 106 heavy (non-hydrogen) atoms. The van der Waals surface area contributed by atoms with E-state index in [2.05, 4.69) is 58.2 Å². The van der Waals surface area contributed by atoms with Gasteiger partial charge in [0.05, 0.1) is 50.2 Å². The van der Waals surface area contributed by atoms with E-state index in [0.29, 0.717) is 160 Å². The van der Waals surface area contributed by atoms with Gasteiger partial charge in [-0.2, -0.15) is 0 Å². The molecule has 4 aliphatic heterocycles. The second-order valence-electron chi connectivity index (χ2n) is 28.1. The SMILES string of the molecule is CC[C@H](NC)C(=O)N[C@@H]1C(=O)N2[C@@H](CC[C@@H]1CNC(=O)CCc1cn(CCCOCCOCCOCCCNC(=O)C(NC(=O)[C@@H]3CC[C@@H]4CC[C@H](CNCc5ccccc5)[C@H](NC(=O)[C@H](CC)NC)C(=O)N43)(c3ccccc3)c3ccccc3)nn1)CC[C@H]2C(=O)NC(c1ccccc1)c1ccccc1. The minimum Gasteiger partial charge on any atom is -0.379 e. The lowest BCUT2D eigenvalue weighted by atomic mass is 9.81. The first-order valence-electron chi connectivity index (χ1n) is 38.1. The Bertz CT molecular complexity index is 3680. The molecule has 1 aromatic heterocycles. The summed E-state index contributed by atoms with van der Waals surface area (Å²) in [5.41, 5.74) is 3.02. The van der Waals surface area contributed by atoms with Gasteiger partial charge in [0.25, 0.3) is 5.91 Å². The molecule has 0 radical (unpaired) electrons. The fourth-order valence-electron chi connectivity index (χ4n) is 15.4. The molecular formula is C81H108N14O11. The van der Waals surface area contributed by atoms with Gasteiger partial charge in [-0.15, -0.1) is 5.10 Å². The van der Waals surface area contributed by atoms with E-state index in [1.165, 1.54) is 0 Å². The normalized spacial score (nSPS) is 20.7. The van der Waals surface area contributed by atoms with E-state index in [0.717, 1.165) is 16.7 Å². The number of aromatic nitrogens is 3. The maximum absolute atomic E-state index is 15.2. The van der Waals surface area contributed by atoms with Crippen molar-refractivity contribution in [2.45, 2.75) is 177 Å². The summed E-state index contributed by atoms with van der Waals surface area (Å²) in [6.07, 6.45) is 9.10. The molecule has 25 nitrogen and oxygen atoms in total. The molecule has 4 fully saturated rings. The lowest BCUT2D eigenvalue weighted by Gasteiger charge is -2.38. The Hall–Kier alpha value is -9.24. The van der Waals surface area contributed by atoms with E-state index in [1.54, 1.807) is 28.6 Å². The summed E-state index contributed by atoms with van der Waals surface area (Å²) in [6.45, 7) is 8.04. The molecule has 25 heteroatoms. The van der Waals surface area contributed by atoms with Gasteiger partial charge in [0.15, 0.2) is 5.54 Å². The van der Waals surface area contributed by atoms with E-state index in [4.69, 9.17) is 14.2 Å². The van der Waals surface area contributed by atoms with E-state index >= 15 is 14.4 Å². The molecule has 10 rings (SSSR count). The van der Waals surface area contributed by atoms with Crippen LogP contribution in [-0.2, 0) is 77.6 Å². The van der Waals surface area contributed by atoms with Crippen LogP contribution < -0.4 is 47.9 Å². The number of aryl methyl sites for hydroxylation is 2. The number of hydrogen-bond acceptors (Lipinski definition) is 16. The van der Waals surface area contributed by atoms with Crippen molar-refractivity contribution < 1.29 is 52.6 Å². The van der Waals surface area contributed by atoms with Crippen LogP contribution >= 0.6 is 0 Å². The van der Waals surface area contributed by atoms with Gasteiger partial charge in [-0.25, -0.2) is 0 Å². The lowest BCUT2D eigenvalue weighted by molar-refractivity contribution is -0.145. The maximum Gasteiger partial charge on any atom is 0.255 e. The number of likely N-dealkylation sites (N-methyl/N-ethyl adjacent to an activating group) is 2. The smallest absolute Gasteiger partial charge is 0.255 e. The van der Waals surface area contributed by atoms with Crippen LogP contribution in [0.1, 0.15) is 137 Å². The zero-order valence-electron chi connectivity index (χ0n) is 61.8. The first-order chi connectivity index (χ1) is 51.7. The summed E-state index contributed by atoms with van der Waals surface area (Å²) in [5.74, 6) is -3.23. The number of nitrogens with one attached hydrogen (secondary N) is 9. The first-order valence-corrected chi connectivity index (χ1v) is 38.1. The average molecular weight is 1450 g/mol. The Balaban J connectivity index is 0.633. The van der Waals surface area contributed by atoms with Crippen molar-refractivity contribution in [2.75, 3.05) is 73.4 Å². The molecule has 5 aromatic carbocycles. The number of fused-ring (bicyclic) bond motifs is 2. The van der Waals surface area contributed by atoms with Crippen molar-refractivity contribution >= 4 is 47.3 Å². The number of hydrogen-bond donors (Lipinski definition) is 9. The van der Waals surface area contributed by atoms with Gasteiger partial charge >= 0.3 is 0 Å². The van der Waals surface area contributed by atoms with Gasteiger partial charge in [0, 0.05) is 88.9 Å². The molecule has 0 aliphatic carbocycles. The minimum absolute atomic E-state index is 0.141. The molecule has 0 saturated carbocycles. The molecule has 6 aromatic rings. The molecule has 4 aliphatic rings. The van der Waals surface area contributed by atoms with Crippen molar-refractivity contribution in [1.82, 2.24) is 72.6 Å². The van der Waals surface area contributed by atoms with Crippen LogP contribution in [0.2, 0.25) is 0 Å². The van der Waals surface area contributed by atoms with Gasteiger partial charge in [0.1, 0.15) is 24.2 Å². The summed E-state index contributed by atoms with van der Waals surface area (Å²) in [4.78, 5) is 119. The number of carbonyl (C=O) groups is 8. The number of nitrogens with zero attached hydrogens (tertiary/aromatic N) is 5. The van der Waals surface area contributed by atoms with Gasteiger partial charge in [0.2, 0.25) is 41.4 Å². The van der Waals surface area contributed by atoms with E-state index in [-0.39, 0.29) is 73.0 Å². The molecule has 0 spiro atoms. The Morgan fingerprint density at radius 1 is 0.547 bits per heavy atom. The number of benzene rings is 5. The summed E-state index contributed by atoms with van der Waals surface area (Å²) in [6, 6.07) is 42.5. The molecule has 568 valence electrons. The molecule has 9 N–H and O–H groups in total. The first kappa shape index (κ1) is 79.3. The molecule has 4 saturated heterocycles. The highest BCUT2D eigenvalue weighted by atomic mass is 16.5. The van der Waals surface area contributed by atoms with E-state index in [9.17, 15) is 24.0 Å². The monoisotopic (exact) mass is 1450 g/mol. The minimum atomic E-state index is -1.68. The molecule has 5 heterocycles. The third-order valence-corrected chi connectivity index (χ3v) is 21.2. The van der Waals surface area contributed by atoms with Crippen LogP contribution in [0.15, 0.2) is 158 Å². The number of rotatable bonds is 40. The summed E-state index contributed by atoms with van der Waals surface area (Å²) < 4.78 is 19.2. The highest BCUT2D eigenvalue weighted by Crippen LogP contribution is 2.38. The second kappa shape index (κ2) is 40.5. The van der Waals surface area contributed by atoms with E-state index < -0.39 is 65.6 Å². The second-order valence-corrected chi connectivity index (χ2v) is 28.1. The Morgan fingerprint density at radius 3 is 1.54 bits per heavy atom. The van der Waals surface area contributed by atoms with Crippen LogP contribution in [0.4, 0.5) is 0 Å². The van der Waals surface area contributed by atoms with Crippen molar-refractivity contribution in [3.05, 3.63) is 191 Å². The average Bonchev–Trinajstić information content (AvgIpc) is 1.42. The van der Waals surface area contributed by atoms with Crippen molar-refractivity contribution in [3.8, 4) is 0 Å². The quantitative estimate of drug-likeness (QED) is 0.0214. The third kappa shape index (κ3) is 20.9. The van der Waals surface area contributed by atoms with E-state index in [1.807, 2.05) is 172 Å². The fourth-order valence-corrected chi connectivity index (χ4v) is 15.4. The maximum atomic E-state index is 15.2. The number of amides is 8. The summed E-state index contributed by atoms with van der Waals surface area (Å²) in [7, 11) is 3.43. The van der Waals surface area contributed by atoms with Gasteiger partial charge in [-0.05, 0) is 119 Å². The largest absolute Gasteiger partial charge is 0.379 e. The van der Waals surface area contributed by atoms with Gasteiger partial charge < -0.3 is 71.9 Å². The third-order valence-electron chi connectivity index (χ3n) is 21.2. The lowest BCUT2D eigenvalue weighted by Crippen LogP contribution is -2.62. The van der Waals surface area contributed by atoms with Crippen LogP contribution in [0.3, 0.4) is 0 Å². The highest BCUT2D eigenvalue weighted by molar-refractivity contribution is 6.00. The van der Waals surface area contributed by atoms with Crippen molar-refractivity contribution in [3.63, 3.8) is 0 Å². The van der Waals surface area contributed by atoms with Crippen LogP contribution in [0.5, 0.6) is 0 Å². The van der Waals surface area contributed by atoms with Crippen LogP contribution in [0, 0.1) is 11.8 Å². The summed E-state index contributed by atoms with van der Waals surface area (Å²) >= 11 is 0. The Kier molecular flexibility index (Phi) is 30.3. The van der Waals surface area contributed by atoms with Gasteiger partial charge in [-0.3, -0.25) is 43.0 Å². The molecule has 0 unspecified atom stereocenters. The molecular weight excluding hydrogens is 1340 g/mol. The standard InChI is InChI=1S/C81H108N14O11/c1-5-66(82-3)74(97)88-72-59(53-84-52-56-24-12-7-13-25-56)34-37-65-40-42-69(95(65)78(72)101)77(100)90-81(61-30-18-10-19-31-61,62-32-20-11-21-33-62)80(103)85-44-22-46-104-48-50-106-51-49-105-47-23-45-93-55-63(91-92-93)36-43-70(96)86-54-60-35-38-64-39-41-68(94(64)79(102)73(60)89-75(98)67(6-2)83-4)76(99)87-71(57-26-14-8-15-27-57)58-28-16-9-17-29-58/h7-21,24-33,55,59-60,64-69,71-73,82-84H,5-6,22-23,34-54H2,1-4H3,(H,85,103)(H,86,96)(H,87,99)(H,88,97)(H,89,98)(H,90,100)/t59-,60-,64+,65+,66+,67+,68+,69+,72+,73+/m1/s1. The molecule has 10 atom stereocenters.